The molecular formula is C11H13Cl2NO4. The molecule has 5 nitrogen and oxygen atoms in total. The van der Waals surface area contributed by atoms with Crippen LogP contribution in [-0.4, -0.2) is 46.6 Å². The van der Waals surface area contributed by atoms with Gasteiger partial charge in [-0.05, 0) is 18.2 Å². The van der Waals surface area contributed by atoms with Crippen molar-refractivity contribution in [3.8, 4) is 0 Å². The van der Waals surface area contributed by atoms with Crippen molar-refractivity contribution in [2.45, 2.75) is 5.60 Å². The number of rotatable bonds is 5. The van der Waals surface area contributed by atoms with Crippen molar-refractivity contribution >= 4 is 29.1 Å². The second-order valence-electron chi connectivity index (χ2n) is 3.85. The zero-order valence-corrected chi connectivity index (χ0v) is 10.9. The van der Waals surface area contributed by atoms with Crippen molar-refractivity contribution in [1.29, 1.82) is 0 Å². The highest BCUT2D eigenvalue weighted by atomic mass is 35.5. The van der Waals surface area contributed by atoms with E-state index < -0.39 is 24.7 Å². The largest absolute Gasteiger partial charge is 0.393 e. The fraction of sp³-hybridized carbons (Fsp3) is 0.364. The molecule has 0 aliphatic heterocycles. The first-order valence-electron chi connectivity index (χ1n) is 5.09. The van der Waals surface area contributed by atoms with Crippen molar-refractivity contribution in [3.63, 3.8) is 0 Å². The first-order valence-corrected chi connectivity index (χ1v) is 5.85. The second-order valence-corrected chi connectivity index (χ2v) is 4.69. The molecule has 0 spiro atoms. The molecule has 1 rings (SSSR count). The minimum Gasteiger partial charge on any atom is -0.393 e. The summed E-state index contributed by atoms with van der Waals surface area (Å²) in [4.78, 5) is 11.7. The molecule has 0 heterocycles. The number of hydrogen-bond donors (Lipinski definition) is 4. The van der Waals surface area contributed by atoms with Gasteiger partial charge in [0.05, 0.1) is 30.3 Å². The number of halogens is 2. The fourth-order valence-corrected chi connectivity index (χ4v) is 1.67. The van der Waals surface area contributed by atoms with Gasteiger partial charge in [-0.3, -0.25) is 4.79 Å². The average molecular weight is 294 g/mol. The molecule has 0 radical (unpaired) electrons. The number of nitrogens with one attached hydrogen (secondary N) is 1. The van der Waals surface area contributed by atoms with E-state index in [0.29, 0.717) is 5.02 Å². The summed E-state index contributed by atoms with van der Waals surface area (Å²) in [6.07, 6.45) is 0. The number of aliphatic hydroxyl groups excluding tert-OH is 2. The summed E-state index contributed by atoms with van der Waals surface area (Å²) in [5.41, 5.74) is -1.56. The minimum absolute atomic E-state index is 0.177. The number of aliphatic hydroxyl groups is 3. The molecule has 100 valence electrons. The number of hydrogen-bond acceptors (Lipinski definition) is 4. The predicted molar refractivity (Wildman–Crippen MR) is 67.9 cm³/mol. The zero-order valence-electron chi connectivity index (χ0n) is 9.36. The topological polar surface area (TPSA) is 89.8 Å². The molecule has 0 bridgehead atoms. The van der Waals surface area contributed by atoms with E-state index in [1.807, 2.05) is 0 Å². The SMILES string of the molecule is O=C(NCC(O)(CO)CO)c1ccc(Cl)cc1Cl. The predicted octanol–water partition coefficient (Wildman–Crippen LogP) is 0.439. The first-order chi connectivity index (χ1) is 8.41. The normalized spacial score (nSPS) is 11.4. The van der Waals surface area contributed by atoms with Crippen LogP contribution in [0.3, 0.4) is 0 Å². The van der Waals surface area contributed by atoms with E-state index in [9.17, 15) is 9.90 Å². The summed E-state index contributed by atoms with van der Waals surface area (Å²) in [6.45, 7) is -1.63. The van der Waals surface area contributed by atoms with Gasteiger partial charge < -0.3 is 20.6 Å². The Balaban J connectivity index is 2.71. The molecule has 1 aromatic rings. The van der Waals surface area contributed by atoms with Crippen molar-refractivity contribution in [2.24, 2.45) is 0 Å². The van der Waals surface area contributed by atoms with Crippen molar-refractivity contribution in [2.75, 3.05) is 19.8 Å². The van der Waals surface area contributed by atoms with Gasteiger partial charge in [0, 0.05) is 5.02 Å². The Morgan fingerprint density at radius 3 is 2.39 bits per heavy atom. The quantitative estimate of drug-likeness (QED) is 0.634. The molecule has 0 saturated carbocycles. The van der Waals surface area contributed by atoms with Gasteiger partial charge in [-0.15, -0.1) is 0 Å². The number of amides is 1. The molecule has 0 saturated heterocycles. The standard InChI is InChI=1S/C11H13Cl2NO4/c12-7-1-2-8(9(13)3-7)10(17)14-4-11(18,5-15)6-16/h1-3,15-16,18H,4-6H2,(H,14,17). The molecule has 0 unspecified atom stereocenters. The summed E-state index contributed by atoms with van der Waals surface area (Å²) in [7, 11) is 0. The van der Waals surface area contributed by atoms with Crippen LogP contribution < -0.4 is 5.32 Å². The summed E-state index contributed by atoms with van der Waals surface area (Å²) < 4.78 is 0. The van der Waals surface area contributed by atoms with E-state index in [0.717, 1.165) is 0 Å². The van der Waals surface area contributed by atoms with Crippen LogP contribution in [-0.2, 0) is 0 Å². The van der Waals surface area contributed by atoms with Gasteiger partial charge in [-0.1, -0.05) is 23.2 Å². The smallest absolute Gasteiger partial charge is 0.252 e. The van der Waals surface area contributed by atoms with Gasteiger partial charge >= 0.3 is 0 Å². The van der Waals surface area contributed by atoms with Gasteiger partial charge in [0.2, 0.25) is 0 Å². The lowest BCUT2D eigenvalue weighted by Crippen LogP contribution is -2.48. The van der Waals surface area contributed by atoms with Crippen LogP contribution in [0, 0.1) is 0 Å². The zero-order chi connectivity index (χ0) is 13.8. The van der Waals surface area contributed by atoms with Gasteiger partial charge in [0.15, 0.2) is 0 Å². The molecule has 4 N–H and O–H groups in total. The Morgan fingerprint density at radius 2 is 1.89 bits per heavy atom. The maximum Gasteiger partial charge on any atom is 0.252 e. The van der Waals surface area contributed by atoms with Crippen LogP contribution in [0.25, 0.3) is 0 Å². The van der Waals surface area contributed by atoms with E-state index in [1.165, 1.54) is 18.2 Å². The van der Waals surface area contributed by atoms with Crippen LogP contribution in [0.4, 0.5) is 0 Å². The summed E-state index contributed by atoms with van der Waals surface area (Å²) >= 11 is 11.5. The van der Waals surface area contributed by atoms with Gasteiger partial charge in [-0.25, -0.2) is 0 Å². The highest BCUT2D eigenvalue weighted by Crippen LogP contribution is 2.20. The number of carbonyl (C=O) groups excluding carboxylic acids is 1. The monoisotopic (exact) mass is 293 g/mol. The summed E-state index contributed by atoms with van der Waals surface area (Å²) in [5.74, 6) is -0.531. The molecule has 1 aromatic carbocycles. The fourth-order valence-electron chi connectivity index (χ4n) is 1.18. The Morgan fingerprint density at radius 1 is 1.28 bits per heavy atom. The van der Waals surface area contributed by atoms with Crippen molar-refractivity contribution < 1.29 is 20.1 Å². The second kappa shape index (κ2) is 6.36. The molecule has 0 aliphatic rings. The average Bonchev–Trinajstić information content (AvgIpc) is 2.35. The van der Waals surface area contributed by atoms with E-state index >= 15 is 0 Å². The van der Waals surface area contributed by atoms with Crippen molar-refractivity contribution in [3.05, 3.63) is 33.8 Å². The van der Waals surface area contributed by atoms with E-state index in [-0.39, 0.29) is 17.1 Å². The van der Waals surface area contributed by atoms with Crippen LogP contribution in [0.5, 0.6) is 0 Å². The van der Waals surface area contributed by atoms with Gasteiger partial charge in [-0.2, -0.15) is 0 Å². The van der Waals surface area contributed by atoms with Crippen LogP contribution >= 0.6 is 23.2 Å². The lowest BCUT2D eigenvalue weighted by molar-refractivity contribution is -0.0515. The third-order valence-electron chi connectivity index (χ3n) is 2.34. The first kappa shape index (κ1) is 15.2. The van der Waals surface area contributed by atoms with Gasteiger partial charge in [0.1, 0.15) is 5.60 Å². The number of benzene rings is 1. The Kier molecular flexibility index (Phi) is 5.37. The summed E-state index contributed by atoms with van der Waals surface area (Å²) in [5, 5.41) is 30.2. The van der Waals surface area contributed by atoms with Crippen molar-refractivity contribution in [1.82, 2.24) is 5.32 Å². The van der Waals surface area contributed by atoms with E-state index in [1.54, 1.807) is 0 Å². The van der Waals surface area contributed by atoms with Crippen LogP contribution in [0.1, 0.15) is 10.4 Å². The Hall–Kier alpha value is -0.850. The Bertz CT molecular complexity index is 435. The maximum atomic E-state index is 11.7. The van der Waals surface area contributed by atoms with E-state index in [2.05, 4.69) is 5.32 Å². The van der Waals surface area contributed by atoms with Gasteiger partial charge in [0.25, 0.3) is 5.91 Å². The van der Waals surface area contributed by atoms with E-state index in [4.69, 9.17) is 33.4 Å². The lowest BCUT2D eigenvalue weighted by Gasteiger charge is -2.23. The third kappa shape index (κ3) is 3.83. The highest BCUT2D eigenvalue weighted by molar-refractivity contribution is 6.36. The summed E-state index contributed by atoms with van der Waals surface area (Å²) in [6, 6.07) is 4.37. The molecule has 0 aliphatic carbocycles. The highest BCUT2D eigenvalue weighted by Gasteiger charge is 2.26. The molecular weight excluding hydrogens is 281 g/mol. The number of carbonyl (C=O) groups is 1. The molecule has 18 heavy (non-hydrogen) atoms. The van der Waals surface area contributed by atoms with Crippen LogP contribution in [0.15, 0.2) is 18.2 Å². The molecule has 0 fully saturated rings. The molecule has 7 heteroatoms. The maximum absolute atomic E-state index is 11.7. The molecule has 1 amide bonds. The minimum atomic E-state index is -1.76. The third-order valence-corrected chi connectivity index (χ3v) is 2.89. The Labute approximate surface area is 114 Å². The van der Waals surface area contributed by atoms with Crippen LogP contribution in [0.2, 0.25) is 10.0 Å². The lowest BCUT2D eigenvalue weighted by atomic mass is 10.1. The molecule has 0 atom stereocenters. The molecule has 0 aromatic heterocycles.